The van der Waals surface area contributed by atoms with Crippen molar-refractivity contribution in [1.29, 1.82) is 0 Å². The minimum Gasteiger partial charge on any atom is -0.306 e. The number of benzene rings is 2. The third kappa shape index (κ3) is 6.91. The van der Waals surface area contributed by atoms with Crippen molar-refractivity contribution in [2.45, 2.75) is 25.9 Å². The second-order valence-electron chi connectivity index (χ2n) is 9.06. The molecule has 0 saturated heterocycles. The average Bonchev–Trinajstić information content (AvgIpc) is 3.15. The Labute approximate surface area is 224 Å². The Morgan fingerprint density at radius 2 is 1.89 bits per heavy atom. The highest BCUT2D eigenvalue weighted by Crippen LogP contribution is 2.39. The fourth-order valence-electron chi connectivity index (χ4n) is 4.04. The van der Waals surface area contributed by atoms with E-state index in [1.807, 2.05) is 13.2 Å². The van der Waals surface area contributed by atoms with Crippen LogP contribution in [-0.4, -0.2) is 57.0 Å². The molecule has 2 aromatic rings. The van der Waals surface area contributed by atoms with Crippen molar-refractivity contribution in [3.8, 4) is 0 Å². The molecule has 1 unspecified atom stereocenters. The molecule has 0 saturated carbocycles. The first kappa shape index (κ1) is 29.1. The lowest BCUT2D eigenvalue weighted by Gasteiger charge is -2.26. The highest BCUT2D eigenvalue weighted by Gasteiger charge is 2.42. The van der Waals surface area contributed by atoms with Gasteiger partial charge in [-0.05, 0) is 66.8 Å². The Balaban J connectivity index is 1.86. The van der Waals surface area contributed by atoms with Crippen LogP contribution in [0.5, 0.6) is 0 Å². The van der Waals surface area contributed by atoms with Crippen LogP contribution in [0.15, 0.2) is 47.6 Å². The van der Waals surface area contributed by atoms with Gasteiger partial charge in [0, 0.05) is 18.2 Å². The molecular weight excluding hydrogens is 549 g/mol. The highest BCUT2D eigenvalue weighted by molar-refractivity contribution is 7.98. The maximum atomic E-state index is 13.2. The molecule has 0 radical (unpaired) electrons. The SMILES string of the molecule is CSCCCC1(C)CN(C(=O)Nc2ccc(N(C)S(C)(=O)=O)cc2)N=C1c1ccc(C(F)(F)F)c(Cl)c1. The van der Waals surface area contributed by atoms with Crippen LogP contribution in [0.4, 0.5) is 29.3 Å². The molecule has 0 spiro atoms. The summed E-state index contributed by atoms with van der Waals surface area (Å²) in [5, 5.41) is 8.07. The van der Waals surface area contributed by atoms with Crippen LogP contribution in [0.1, 0.15) is 30.9 Å². The molecule has 13 heteroatoms. The molecule has 0 fully saturated rings. The van der Waals surface area contributed by atoms with Gasteiger partial charge < -0.3 is 5.32 Å². The molecule has 202 valence electrons. The third-order valence-corrected chi connectivity index (χ3v) is 8.35. The second kappa shape index (κ2) is 11.1. The van der Waals surface area contributed by atoms with E-state index >= 15 is 0 Å². The first-order valence-corrected chi connectivity index (χ1v) is 14.9. The maximum absolute atomic E-state index is 13.2. The van der Waals surface area contributed by atoms with Gasteiger partial charge in [-0.25, -0.2) is 18.2 Å². The monoisotopic (exact) mass is 576 g/mol. The van der Waals surface area contributed by atoms with Gasteiger partial charge in [0.25, 0.3) is 0 Å². The Hall–Kier alpha value is -2.44. The summed E-state index contributed by atoms with van der Waals surface area (Å²) in [7, 11) is -2.00. The van der Waals surface area contributed by atoms with Gasteiger partial charge >= 0.3 is 12.2 Å². The number of nitrogens with one attached hydrogen (secondary N) is 1. The van der Waals surface area contributed by atoms with Gasteiger partial charge in [0.1, 0.15) is 0 Å². The van der Waals surface area contributed by atoms with Crippen molar-refractivity contribution in [2.75, 3.05) is 41.5 Å². The van der Waals surface area contributed by atoms with Crippen molar-refractivity contribution in [2.24, 2.45) is 10.5 Å². The van der Waals surface area contributed by atoms with Crippen molar-refractivity contribution < 1.29 is 26.4 Å². The number of anilines is 2. The van der Waals surface area contributed by atoms with E-state index in [2.05, 4.69) is 10.4 Å². The normalized spacial score (nSPS) is 18.1. The van der Waals surface area contributed by atoms with Crippen LogP contribution in [0.3, 0.4) is 0 Å². The van der Waals surface area contributed by atoms with E-state index in [0.717, 1.165) is 28.8 Å². The van der Waals surface area contributed by atoms with Gasteiger partial charge in [0.15, 0.2) is 0 Å². The number of amides is 2. The summed E-state index contributed by atoms with van der Waals surface area (Å²) in [4.78, 5) is 13.1. The maximum Gasteiger partial charge on any atom is 0.417 e. The zero-order valence-corrected chi connectivity index (χ0v) is 23.2. The molecule has 1 heterocycles. The zero-order valence-electron chi connectivity index (χ0n) is 20.8. The standard InChI is InChI=1S/C24H28ClF3N4O3S2/c1-23(12-5-13-36-3)15-32(30-21(23)16-6-11-19(20(25)14-16)24(26,27)28)22(33)29-17-7-9-18(10-8-17)31(2)37(4,34)35/h6-11,14H,5,12-13,15H2,1-4H3,(H,29,33). The van der Waals surface area contributed by atoms with Crippen molar-refractivity contribution >= 4 is 56.5 Å². The predicted octanol–water partition coefficient (Wildman–Crippen LogP) is 6.16. The Kier molecular flexibility index (Phi) is 8.75. The molecule has 37 heavy (non-hydrogen) atoms. The van der Waals surface area contributed by atoms with E-state index in [4.69, 9.17) is 11.6 Å². The van der Waals surface area contributed by atoms with Crippen LogP contribution in [-0.2, 0) is 16.2 Å². The van der Waals surface area contributed by atoms with E-state index in [1.165, 1.54) is 24.2 Å². The minimum atomic E-state index is -4.58. The Morgan fingerprint density at radius 1 is 1.24 bits per heavy atom. The number of sulfonamides is 1. The fourth-order valence-corrected chi connectivity index (χ4v) is 5.26. The van der Waals surface area contributed by atoms with Gasteiger partial charge in [-0.15, -0.1) is 0 Å². The van der Waals surface area contributed by atoms with Crippen LogP contribution in [0.25, 0.3) is 0 Å². The lowest BCUT2D eigenvalue weighted by atomic mass is 9.78. The molecule has 0 aromatic heterocycles. The number of thioether (sulfide) groups is 1. The van der Waals surface area contributed by atoms with E-state index in [1.54, 1.807) is 36.0 Å². The largest absolute Gasteiger partial charge is 0.417 e. The molecule has 7 nitrogen and oxygen atoms in total. The summed E-state index contributed by atoms with van der Waals surface area (Å²) in [5.74, 6) is 0.886. The molecule has 3 rings (SSSR count). The minimum absolute atomic E-state index is 0.232. The summed E-state index contributed by atoms with van der Waals surface area (Å²) in [5.41, 5.74) is 0.249. The van der Waals surface area contributed by atoms with Crippen LogP contribution >= 0.6 is 23.4 Å². The summed E-state index contributed by atoms with van der Waals surface area (Å²) >= 11 is 7.65. The van der Waals surface area contributed by atoms with Crippen molar-refractivity contribution in [3.63, 3.8) is 0 Å². The number of hydrogen-bond donors (Lipinski definition) is 1. The summed E-state index contributed by atoms with van der Waals surface area (Å²) in [6.07, 6.45) is -0.00415. The number of hydrogen-bond acceptors (Lipinski definition) is 5. The molecular formula is C24H28ClF3N4O3S2. The summed E-state index contributed by atoms with van der Waals surface area (Å²) in [6, 6.07) is 9.26. The second-order valence-corrected chi connectivity index (χ2v) is 12.5. The number of carbonyl (C=O) groups is 1. The van der Waals surface area contributed by atoms with Crippen LogP contribution < -0.4 is 9.62 Å². The first-order chi connectivity index (χ1) is 17.2. The zero-order chi connectivity index (χ0) is 27.6. The fraction of sp³-hybridized carbons (Fsp3) is 0.417. The molecule has 1 aliphatic heterocycles. The predicted molar refractivity (Wildman–Crippen MR) is 144 cm³/mol. The summed E-state index contributed by atoms with van der Waals surface area (Å²) in [6.45, 7) is 2.16. The molecule has 1 atom stereocenters. The number of nitrogens with zero attached hydrogens (tertiary/aromatic N) is 3. The average molecular weight is 577 g/mol. The van der Waals surface area contributed by atoms with Gasteiger partial charge in [0.05, 0.1) is 34.8 Å². The number of rotatable bonds is 8. The molecule has 0 bridgehead atoms. The number of hydrazone groups is 1. The topological polar surface area (TPSA) is 82.1 Å². The van der Waals surface area contributed by atoms with Crippen molar-refractivity contribution in [1.82, 2.24) is 5.01 Å². The first-order valence-electron chi connectivity index (χ1n) is 11.2. The molecule has 1 aliphatic rings. The van der Waals surface area contributed by atoms with E-state index < -0.39 is 38.2 Å². The number of urea groups is 1. The number of halogens is 4. The molecule has 0 aliphatic carbocycles. The quantitative estimate of drug-likeness (QED) is 0.382. The van der Waals surface area contributed by atoms with Crippen molar-refractivity contribution in [3.05, 3.63) is 58.6 Å². The van der Waals surface area contributed by atoms with Crippen LogP contribution in [0, 0.1) is 5.41 Å². The van der Waals surface area contributed by atoms with Crippen LogP contribution in [0.2, 0.25) is 5.02 Å². The van der Waals surface area contributed by atoms with E-state index in [0.29, 0.717) is 29.1 Å². The lowest BCUT2D eigenvalue weighted by molar-refractivity contribution is -0.137. The molecule has 1 N–H and O–H groups in total. The van der Waals surface area contributed by atoms with Gasteiger partial charge in [0.2, 0.25) is 10.0 Å². The Bertz CT molecular complexity index is 1290. The molecule has 2 amide bonds. The smallest absolute Gasteiger partial charge is 0.306 e. The van der Waals surface area contributed by atoms with Gasteiger partial charge in [-0.3, -0.25) is 4.31 Å². The number of carbonyl (C=O) groups excluding carboxylic acids is 1. The van der Waals surface area contributed by atoms with Gasteiger partial charge in [-0.1, -0.05) is 24.6 Å². The summed E-state index contributed by atoms with van der Waals surface area (Å²) < 4.78 is 64.2. The highest BCUT2D eigenvalue weighted by atomic mass is 35.5. The number of alkyl halides is 3. The van der Waals surface area contributed by atoms with Gasteiger partial charge in [-0.2, -0.15) is 30.0 Å². The molecule has 2 aromatic carbocycles. The van der Waals surface area contributed by atoms with E-state index in [-0.39, 0.29) is 6.54 Å². The lowest BCUT2D eigenvalue weighted by Crippen LogP contribution is -2.36. The third-order valence-electron chi connectivity index (χ3n) is 6.13. The Morgan fingerprint density at radius 3 is 2.43 bits per heavy atom. The van der Waals surface area contributed by atoms with E-state index in [9.17, 15) is 26.4 Å².